The molecule has 2 rings (SSSR count). The summed E-state index contributed by atoms with van der Waals surface area (Å²) in [7, 11) is 0. The van der Waals surface area contributed by atoms with Crippen LogP contribution in [0, 0.1) is 0 Å². The van der Waals surface area contributed by atoms with Crippen LogP contribution in [0.2, 0.25) is 0 Å². The fourth-order valence-electron chi connectivity index (χ4n) is 2.38. The Morgan fingerprint density at radius 3 is 2.87 bits per heavy atom. The molecule has 0 bridgehead atoms. The Bertz CT molecular complexity index is 613. The van der Waals surface area contributed by atoms with E-state index in [0.29, 0.717) is 6.42 Å². The summed E-state index contributed by atoms with van der Waals surface area (Å²) in [6.07, 6.45) is 6.80. The first-order valence-corrected chi connectivity index (χ1v) is 7.86. The number of aromatic nitrogens is 2. The zero-order valence-electron chi connectivity index (χ0n) is 13.6. The van der Waals surface area contributed by atoms with Gasteiger partial charge >= 0.3 is 6.03 Å². The summed E-state index contributed by atoms with van der Waals surface area (Å²) in [5.74, 6) is 0. The third kappa shape index (κ3) is 5.10. The van der Waals surface area contributed by atoms with Crippen molar-refractivity contribution in [3.63, 3.8) is 0 Å². The fraction of sp³-hybridized carbons (Fsp3) is 0.412. The van der Waals surface area contributed by atoms with Crippen LogP contribution in [-0.2, 0) is 0 Å². The van der Waals surface area contributed by atoms with Crippen molar-refractivity contribution in [2.45, 2.75) is 38.8 Å². The number of hydrogen-bond donors (Lipinski definition) is 3. The lowest BCUT2D eigenvalue weighted by molar-refractivity contribution is 0.231. The highest BCUT2D eigenvalue weighted by Gasteiger charge is 2.12. The molecule has 0 radical (unpaired) electrons. The van der Waals surface area contributed by atoms with Crippen LogP contribution in [0.3, 0.4) is 0 Å². The average Bonchev–Trinajstić information content (AvgIpc) is 3.07. The van der Waals surface area contributed by atoms with Crippen molar-refractivity contribution < 1.29 is 9.90 Å². The Kier molecular flexibility index (Phi) is 6.17. The van der Waals surface area contributed by atoms with Crippen LogP contribution < -0.4 is 10.6 Å². The van der Waals surface area contributed by atoms with Gasteiger partial charge in [0, 0.05) is 30.7 Å². The van der Waals surface area contributed by atoms with Crippen LogP contribution in [0.1, 0.15) is 38.3 Å². The van der Waals surface area contributed by atoms with E-state index in [1.165, 1.54) is 0 Å². The number of aliphatic hydroxyl groups is 1. The van der Waals surface area contributed by atoms with Crippen molar-refractivity contribution >= 4 is 6.03 Å². The number of nitrogens with zero attached hydrogens (tertiary/aromatic N) is 2. The number of rotatable bonds is 7. The summed E-state index contributed by atoms with van der Waals surface area (Å²) in [4.78, 5) is 16.1. The number of urea groups is 1. The molecule has 1 aromatic heterocycles. The highest BCUT2D eigenvalue weighted by atomic mass is 16.3. The monoisotopic (exact) mass is 316 g/mol. The second-order valence-corrected chi connectivity index (χ2v) is 5.67. The number of benzene rings is 1. The number of carbonyl (C=O) groups excluding carboxylic acids is 1. The predicted molar refractivity (Wildman–Crippen MR) is 89.4 cm³/mol. The zero-order valence-corrected chi connectivity index (χ0v) is 13.6. The van der Waals surface area contributed by atoms with Gasteiger partial charge in [0.25, 0.3) is 0 Å². The van der Waals surface area contributed by atoms with Crippen LogP contribution in [0.15, 0.2) is 43.0 Å². The summed E-state index contributed by atoms with van der Waals surface area (Å²) < 4.78 is 1.92. The summed E-state index contributed by atoms with van der Waals surface area (Å²) in [5, 5.41) is 14.6. The van der Waals surface area contributed by atoms with Gasteiger partial charge in [-0.3, -0.25) is 0 Å². The van der Waals surface area contributed by atoms with Crippen molar-refractivity contribution in [1.29, 1.82) is 0 Å². The molecule has 124 valence electrons. The molecule has 23 heavy (non-hydrogen) atoms. The maximum absolute atomic E-state index is 12.0. The molecule has 0 aliphatic carbocycles. The average molecular weight is 316 g/mol. The van der Waals surface area contributed by atoms with Gasteiger partial charge in [-0.05, 0) is 44.4 Å². The number of aliphatic hydroxyl groups excluding tert-OH is 1. The Morgan fingerprint density at radius 2 is 2.17 bits per heavy atom. The van der Waals surface area contributed by atoms with Gasteiger partial charge < -0.3 is 20.3 Å². The van der Waals surface area contributed by atoms with E-state index in [1.807, 2.05) is 48.9 Å². The molecule has 0 saturated carbocycles. The van der Waals surface area contributed by atoms with E-state index in [0.717, 1.165) is 17.7 Å². The second kappa shape index (κ2) is 8.33. The Morgan fingerprint density at radius 1 is 1.35 bits per heavy atom. The van der Waals surface area contributed by atoms with Crippen LogP contribution in [0.4, 0.5) is 4.79 Å². The molecule has 0 aliphatic rings. The van der Waals surface area contributed by atoms with E-state index < -0.39 is 0 Å². The minimum atomic E-state index is -0.198. The molecule has 0 fully saturated rings. The summed E-state index contributed by atoms with van der Waals surface area (Å²) >= 11 is 0. The molecule has 0 spiro atoms. The van der Waals surface area contributed by atoms with Crippen molar-refractivity contribution in [3.05, 3.63) is 48.5 Å². The SMILES string of the molecule is CC(CCCO)NC(=O)NC(C)c1cccc(-n2ccnc2)c1. The lowest BCUT2D eigenvalue weighted by atomic mass is 10.1. The van der Waals surface area contributed by atoms with Crippen LogP contribution in [0.25, 0.3) is 5.69 Å². The molecule has 2 atom stereocenters. The predicted octanol–water partition coefficient (Wildman–Crippen LogP) is 2.39. The molecule has 6 nitrogen and oxygen atoms in total. The molecule has 1 heterocycles. The summed E-state index contributed by atoms with van der Waals surface area (Å²) in [6, 6.07) is 7.70. The van der Waals surface area contributed by atoms with E-state index in [2.05, 4.69) is 15.6 Å². The molecule has 6 heteroatoms. The molecular formula is C17H24N4O2. The zero-order chi connectivity index (χ0) is 16.7. The van der Waals surface area contributed by atoms with Crippen molar-refractivity contribution in [1.82, 2.24) is 20.2 Å². The van der Waals surface area contributed by atoms with Crippen molar-refractivity contribution in [2.75, 3.05) is 6.61 Å². The van der Waals surface area contributed by atoms with Gasteiger partial charge in [-0.15, -0.1) is 0 Å². The van der Waals surface area contributed by atoms with Crippen LogP contribution >= 0.6 is 0 Å². The van der Waals surface area contributed by atoms with Crippen molar-refractivity contribution in [2.24, 2.45) is 0 Å². The number of hydrogen-bond acceptors (Lipinski definition) is 3. The Hall–Kier alpha value is -2.34. The molecule has 3 N–H and O–H groups in total. The molecule has 0 saturated heterocycles. The van der Waals surface area contributed by atoms with Gasteiger partial charge in [0.1, 0.15) is 0 Å². The standard InChI is InChI=1S/C17H24N4O2/c1-13(5-4-10-22)19-17(23)20-14(2)15-6-3-7-16(11-15)21-9-8-18-12-21/h3,6-9,11-14,22H,4-5,10H2,1-2H3,(H2,19,20,23). The third-order valence-corrected chi connectivity index (χ3v) is 3.69. The topological polar surface area (TPSA) is 79.2 Å². The number of nitrogens with one attached hydrogen (secondary N) is 2. The maximum atomic E-state index is 12.0. The molecule has 2 aromatic rings. The first kappa shape index (κ1) is 17.0. The summed E-state index contributed by atoms with van der Waals surface area (Å²) in [6.45, 7) is 4.02. The van der Waals surface area contributed by atoms with Crippen molar-refractivity contribution in [3.8, 4) is 5.69 Å². The van der Waals surface area contributed by atoms with Gasteiger partial charge in [-0.25, -0.2) is 9.78 Å². The number of amides is 2. The number of imidazole rings is 1. The van der Waals surface area contributed by atoms with E-state index >= 15 is 0 Å². The quantitative estimate of drug-likeness (QED) is 0.734. The fourth-order valence-corrected chi connectivity index (χ4v) is 2.38. The first-order chi connectivity index (χ1) is 11.1. The minimum Gasteiger partial charge on any atom is -0.396 e. The van der Waals surface area contributed by atoms with Gasteiger partial charge in [0.05, 0.1) is 12.4 Å². The highest BCUT2D eigenvalue weighted by Crippen LogP contribution is 2.16. The van der Waals surface area contributed by atoms with Gasteiger partial charge in [0.15, 0.2) is 0 Å². The lowest BCUT2D eigenvalue weighted by Crippen LogP contribution is -2.41. The molecule has 1 aromatic carbocycles. The minimum absolute atomic E-state index is 0.0339. The summed E-state index contributed by atoms with van der Waals surface area (Å²) in [5.41, 5.74) is 2.03. The van der Waals surface area contributed by atoms with Gasteiger partial charge in [0.2, 0.25) is 0 Å². The first-order valence-electron chi connectivity index (χ1n) is 7.86. The third-order valence-electron chi connectivity index (χ3n) is 3.69. The normalized spacial score (nSPS) is 13.3. The Balaban J connectivity index is 1.94. The molecule has 2 amide bonds. The van der Waals surface area contributed by atoms with Gasteiger partial charge in [-0.2, -0.15) is 0 Å². The maximum Gasteiger partial charge on any atom is 0.315 e. The van der Waals surface area contributed by atoms with E-state index in [9.17, 15) is 4.79 Å². The Labute approximate surface area is 136 Å². The largest absolute Gasteiger partial charge is 0.396 e. The lowest BCUT2D eigenvalue weighted by Gasteiger charge is -2.19. The van der Waals surface area contributed by atoms with E-state index in [4.69, 9.17) is 5.11 Å². The second-order valence-electron chi connectivity index (χ2n) is 5.67. The number of carbonyl (C=O) groups is 1. The highest BCUT2D eigenvalue weighted by molar-refractivity contribution is 5.74. The smallest absolute Gasteiger partial charge is 0.315 e. The molecule has 2 unspecified atom stereocenters. The van der Waals surface area contributed by atoms with E-state index in [-0.39, 0.29) is 24.7 Å². The van der Waals surface area contributed by atoms with Crippen LogP contribution in [0.5, 0.6) is 0 Å². The van der Waals surface area contributed by atoms with Gasteiger partial charge in [-0.1, -0.05) is 12.1 Å². The van der Waals surface area contributed by atoms with E-state index in [1.54, 1.807) is 12.5 Å². The van der Waals surface area contributed by atoms with Crippen LogP contribution in [-0.4, -0.2) is 33.3 Å². The molecule has 0 aliphatic heterocycles. The molecular weight excluding hydrogens is 292 g/mol.